The summed E-state index contributed by atoms with van der Waals surface area (Å²) in [5.41, 5.74) is -0.900. The first-order chi connectivity index (χ1) is 14.8. The van der Waals surface area contributed by atoms with Gasteiger partial charge in [0, 0.05) is 29.9 Å². The number of hydrogen-bond acceptors (Lipinski definition) is 8. The number of para-hydroxylation sites is 1. The molecule has 3 aromatic rings. The van der Waals surface area contributed by atoms with Gasteiger partial charge in [-0.25, -0.2) is 4.98 Å². The molecule has 1 aliphatic heterocycles. The second-order valence-electron chi connectivity index (χ2n) is 8.40. The van der Waals surface area contributed by atoms with Gasteiger partial charge >= 0.3 is 0 Å². The smallest absolute Gasteiger partial charge is 0.220 e. The van der Waals surface area contributed by atoms with E-state index >= 15 is 0 Å². The van der Waals surface area contributed by atoms with Crippen LogP contribution in [-0.4, -0.2) is 54.3 Å². The Morgan fingerprint density at radius 3 is 2.77 bits per heavy atom. The van der Waals surface area contributed by atoms with Gasteiger partial charge < -0.3 is 15.2 Å². The highest BCUT2D eigenvalue weighted by atomic mass is 16.5. The zero-order valence-electron chi connectivity index (χ0n) is 17.8. The molecule has 3 heterocycles. The van der Waals surface area contributed by atoms with E-state index < -0.39 is 11.2 Å². The van der Waals surface area contributed by atoms with E-state index in [9.17, 15) is 9.90 Å². The van der Waals surface area contributed by atoms with Crippen molar-refractivity contribution in [2.24, 2.45) is 0 Å². The third-order valence-corrected chi connectivity index (χ3v) is 5.57. The summed E-state index contributed by atoms with van der Waals surface area (Å²) in [6.45, 7) is 5.72. The van der Waals surface area contributed by atoms with E-state index in [2.05, 4.69) is 32.6 Å². The molecule has 31 heavy (non-hydrogen) atoms. The molecule has 0 spiro atoms. The average molecular weight is 422 g/mol. The molecule has 2 atom stereocenters. The Balaban J connectivity index is 1.78. The van der Waals surface area contributed by atoms with E-state index in [4.69, 9.17) is 4.74 Å². The number of ether oxygens (including phenoxy) is 1. The van der Waals surface area contributed by atoms with Gasteiger partial charge in [-0.3, -0.25) is 4.79 Å². The number of hydrogen-bond donors (Lipinski definition) is 2. The monoisotopic (exact) mass is 422 g/mol. The van der Waals surface area contributed by atoms with E-state index in [1.807, 2.05) is 6.07 Å². The Bertz CT molecular complexity index is 1050. The molecule has 0 amide bonds. The molecule has 162 valence electrons. The van der Waals surface area contributed by atoms with Crippen LogP contribution < -0.4 is 10.1 Å². The van der Waals surface area contributed by atoms with Gasteiger partial charge in [-0.1, -0.05) is 12.1 Å². The number of carbonyl (C=O) groups excluding carboxylic acids is 1. The summed E-state index contributed by atoms with van der Waals surface area (Å²) < 4.78 is 6.39. The third kappa shape index (κ3) is 4.19. The van der Waals surface area contributed by atoms with Crippen LogP contribution in [0, 0.1) is 0 Å². The lowest BCUT2D eigenvalue weighted by Crippen LogP contribution is -2.58. The van der Waals surface area contributed by atoms with Crippen molar-refractivity contribution >= 4 is 5.78 Å². The first-order valence-electron chi connectivity index (χ1n) is 10.3. The second-order valence-corrected chi connectivity index (χ2v) is 8.40. The van der Waals surface area contributed by atoms with Crippen LogP contribution in [0.15, 0.2) is 48.9 Å². The van der Waals surface area contributed by atoms with Crippen molar-refractivity contribution in [2.75, 3.05) is 6.54 Å². The fourth-order valence-electron chi connectivity index (χ4n) is 3.79. The van der Waals surface area contributed by atoms with E-state index in [-0.39, 0.29) is 17.7 Å². The molecule has 2 aromatic heterocycles. The fraction of sp³-hybridized carbons (Fsp3) is 0.409. The fourth-order valence-corrected chi connectivity index (χ4v) is 3.79. The molecule has 0 bridgehead atoms. The molecule has 1 fully saturated rings. The number of rotatable bonds is 6. The lowest BCUT2D eigenvalue weighted by molar-refractivity contribution is 0.0197. The van der Waals surface area contributed by atoms with Crippen molar-refractivity contribution in [3.05, 3.63) is 60.0 Å². The van der Waals surface area contributed by atoms with Gasteiger partial charge in [0.1, 0.15) is 0 Å². The maximum atomic E-state index is 14.0. The standard InChI is InChI=1S/C22H26N6O3/c1-15-10-11-22(13-24-15,31-20-17(21(2,3)30)8-6-12-23-20)19(29)16-7-4-5-9-18(16)28-26-14-25-27-28/h4-9,12,14-15,24,30H,10-11,13H2,1-3H3/t15-,22-/m1/s1. The quantitative estimate of drug-likeness (QED) is 0.580. The summed E-state index contributed by atoms with van der Waals surface area (Å²) in [6.07, 6.45) is 4.16. The van der Waals surface area contributed by atoms with Gasteiger partial charge in [0.2, 0.25) is 11.7 Å². The molecule has 1 saturated heterocycles. The van der Waals surface area contributed by atoms with Crippen molar-refractivity contribution in [3.8, 4) is 11.6 Å². The van der Waals surface area contributed by atoms with Crippen LogP contribution >= 0.6 is 0 Å². The van der Waals surface area contributed by atoms with Crippen LogP contribution in [0.2, 0.25) is 0 Å². The number of Topliss-reactive ketones (excluding diaryl/α,β-unsaturated/α-hetero) is 1. The molecule has 0 radical (unpaired) electrons. The zero-order valence-corrected chi connectivity index (χ0v) is 17.8. The summed E-state index contributed by atoms with van der Waals surface area (Å²) in [5, 5.41) is 25.7. The Morgan fingerprint density at radius 2 is 2.10 bits per heavy atom. The predicted octanol–water partition coefficient (Wildman–Crippen LogP) is 2.06. The SMILES string of the molecule is C[C@@H]1CC[C@](Oc2ncccc2C(C)(C)O)(C(=O)c2ccccc2-n2ncnn2)CN1. The Labute approximate surface area is 180 Å². The van der Waals surface area contributed by atoms with Crippen LogP contribution in [0.4, 0.5) is 0 Å². The molecule has 0 saturated carbocycles. The summed E-state index contributed by atoms with van der Waals surface area (Å²) in [7, 11) is 0. The van der Waals surface area contributed by atoms with Crippen LogP contribution in [0.3, 0.4) is 0 Å². The molecule has 9 nitrogen and oxygen atoms in total. The maximum Gasteiger partial charge on any atom is 0.220 e. The van der Waals surface area contributed by atoms with Crippen molar-refractivity contribution in [3.63, 3.8) is 0 Å². The molecule has 2 N–H and O–H groups in total. The maximum absolute atomic E-state index is 14.0. The number of benzene rings is 1. The molecule has 1 aliphatic rings. The van der Waals surface area contributed by atoms with Crippen molar-refractivity contribution in [2.45, 2.75) is 50.9 Å². The molecule has 4 rings (SSSR count). The highest BCUT2D eigenvalue weighted by molar-refractivity contribution is 6.05. The van der Waals surface area contributed by atoms with Crippen LogP contribution in [0.1, 0.15) is 49.5 Å². The van der Waals surface area contributed by atoms with Crippen molar-refractivity contribution in [1.29, 1.82) is 0 Å². The molecule has 9 heteroatoms. The normalized spacial score (nSPS) is 21.6. The molecule has 1 aromatic carbocycles. The van der Waals surface area contributed by atoms with Gasteiger partial charge in [-0.2, -0.15) is 0 Å². The minimum Gasteiger partial charge on any atom is -0.461 e. The van der Waals surface area contributed by atoms with E-state index in [1.54, 1.807) is 50.4 Å². The average Bonchev–Trinajstić information content (AvgIpc) is 3.29. The third-order valence-electron chi connectivity index (χ3n) is 5.57. The first-order valence-corrected chi connectivity index (χ1v) is 10.3. The highest BCUT2D eigenvalue weighted by Gasteiger charge is 2.46. The van der Waals surface area contributed by atoms with Crippen LogP contribution in [0.5, 0.6) is 5.88 Å². The van der Waals surface area contributed by atoms with Gasteiger partial charge in [-0.15, -0.1) is 15.0 Å². The summed E-state index contributed by atoms with van der Waals surface area (Å²) in [6, 6.07) is 10.9. The van der Waals surface area contributed by atoms with Gasteiger partial charge in [0.05, 0.1) is 11.3 Å². The van der Waals surface area contributed by atoms with Gasteiger partial charge in [-0.05, 0) is 63.1 Å². The number of nitrogens with zero attached hydrogens (tertiary/aromatic N) is 5. The van der Waals surface area contributed by atoms with E-state index in [1.165, 1.54) is 11.1 Å². The molecule has 0 unspecified atom stereocenters. The first kappa shape index (κ1) is 21.1. The lowest BCUT2D eigenvalue weighted by Gasteiger charge is -2.39. The number of pyridine rings is 1. The minimum absolute atomic E-state index is 0.202. The van der Waals surface area contributed by atoms with Gasteiger partial charge in [0.15, 0.2) is 11.9 Å². The number of nitrogens with one attached hydrogen (secondary N) is 1. The van der Waals surface area contributed by atoms with Crippen LogP contribution in [0.25, 0.3) is 5.69 Å². The summed E-state index contributed by atoms with van der Waals surface area (Å²) in [4.78, 5) is 19.6. The zero-order chi connectivity index (χ0) is 22.1. The Hall–Kier alpha value is -3.17. The van der Waals surface area contributed by atoms with Crippen molar-refractivity contribution in [1.82, 2.24) is 30.5 Å². The lowest BCUT2D eigenvalue weighted by atomic mass is 9.83. The number of aromatic nitrogens is 5. The summed E-state index contributed by atoms with van der Waals surface area (Å²) in [5.74, 6) is 0.0446. The largest absolute Gasteiger partial charge is 0.461 e. The summed E-state index contributed by atoms with van der Waals surface area (Å²) >= 11 is 0. The predicted molar refractivity (Wildman–Crippen MR) is 113 cm³/mol. The number of carbonyl (C=O) groups is 1. The topological polar surface area (TPSA) is 115 Å². The number of tetrazole rings is 1. The molecule has 0 aliphatic carbocycles. The number of ketones is 1. The van der Waals surface area contributed by atoms with Gasteiger partial charge in [0.25, 0.3) is 0 Å². The minimum atomic E-state index is -1.20. The highest BCUT2D eigenvalue weighted by Crippen LogP contribution is 2.35. The Morgan fingerprint density at radius 1 is 1.29 bits per heavy atom. The van der Waals surface area contributed by atoms with Crippen molar-refractivity contribution < 1.29 is 14.6 Å². The van der Waals surface area contributed by atoms with E-state index in [0.717, 1.165) is 6.42 Å². The van der Waals surface area contributed by atoms with Crippen LogP contribution in [-0.2, 0) is 5.60 Å². The Kier molecular flexibility index (Phi) is 5.55. The van der Waals surface area contributed by atoms with E-state index in [0.29, 0.717) is 29.8 Å². The molecular weight excluding hydrogens is 396 g/mol. The number of aliphatic hydroxyl groups is 1. The molecular formula is C22H26N6O3. The number of piperidine rings is 1. The second kappa shape index (κ2) is 8.16.